The summed E-state index contributed by atoms with van der Waals surface area (Å²) in [6.45, 7) is 6.00. The number of thioether (sulfide) groups is 1. The van der Waals surface area contributed by atoms with Crippen LogP contribution >= 0.6 is 27.7 Å². The molecule has 1 aliphatic heterocycles. The van der Waals surface area contributed by atoms with Crippen molar-refractivity contribution in [3.63, 3.8) is 0 Å². The molecular weight excluding hydrogens is 589 g/mol. The number of amidine groups is 1. The van der Waals surface area contributed by atoms with E-state index in [-0.39, 0.29) is 29.0 Å². The number of halogens is 4. The average Bonchev–Trinajstić information content (AvgIpc) is 3.35. The lowest BCUT2D eigenvalue weighted by molar-refractivity contribution is -0.139. The van der Waals surface area contributed by atoms with Gasteiger partial charge in [0.1, 0.15) is 17.2 Å². The van der Waals surface area contributed by atoms with Crippen LogP contribution in [0.3, 0.4) is 0 Å². The summed E-state index contributed by atoms with van der Waals surface area (Å²) in [7, 11) is 1.49. The fourth-order valence-corrected chi connectivity index (χ4v) is 6.57. The maximum atomic E-state index is 15.5. The number of benzene rings is 2. The molecule has 0 aromatic heterocycles. The summed E-state index contributed by atoms with van der Waals surface area (Å²) in [5.74, 6) is -7.66. The second-order valence-electron chi connectivity index (χ2n) is 10.3. The van der Waals surface area contributed by atoms with Crippen LogP contribution in [-0.4, -0.2) is 50.6 Å². The highest BCUT2D eigenvalue weighted by molar-refractivity contribution is 9.10. The maximum Gasteiger partial charge on any atom is 0.416 e. The Hall–Kier alpha value is -2.73. The molecule has 2 aromatic rings. The van der Waals surface area contributed by atoms with Crippen molar-refractivity contribution in [2.75, 3.05) is 7.11 Å². The molecule has 2 aliphatic rings. The van der Waals surface area contributed by atoms with Crippen molar-refractivity contribution in [1.82, 2.24) is 4.90 Å². The number of hydrogen-bond donors (Lipinski definition) is 1. The van der Waals surface area contributed by atoms with E-state index in [0.717, 1.165) is 11.0 Å². The van der Waals surface area contributed by atoms with Crippen molar-refractivity contribution in [2.24, 2.45) is 10.9 Å². The molecule has 0 radical (unpaired) electrons. The number of carbonyl (C=O) groups excluding carboxylic acids is 1. The summed E-state index contributed by atoms with van der Waals surface area (Å²) in [6, 6.07) is 10.4. The normalized spacial score (nSPS) is 25.6. The minimum Gasteiger partial charge on any atom is -0.497 e. The molecule has 3 unspecified atom stereocenters. The van der Waals surface area contributed by atoms with Crippen LogP contribution in [0.25, 0.3) is 0 Å². The van der Waals surface area contributed by atoms with Gasteiger partial charge in [-0.05, 0) is 63.6 Å². The number of carboxylic acids is 1. The van der Waals surface area contributed by atoms with Gasteiger partial charge in [-0.25, -0.2) is 18.0 Å². The van der Waals surface area contributed by atoms with E-state index in [2.05, 4.69) is 20.9 Å². The first-order valence-electron chi connectivity index (χ1n) is 11.6. The van der Waals surface area contributed by atoms with Gasteiger partial charge in [-0.3, -0.25) is 14.7 Å². The lowest BCUT2D eigenvalue weighted by atomic mass is 9.85. The fourth-order valence-electron chi connectivity index (χ4n) is 4.65. The molecule has 38 heavy (non-hydrogen) atoms. The first kappa shape index (κ1) is 28.3. The van der Waals surface area contributed by atoms with Gasteiger partial charge < -0.3 is 14.6 Å². The van der Waals surface area contributed by atoms with Crippen LogP contribution in [0, 0.1) is 11.7 Å². The van der Waals surface area contributed by atoms with E-state index in [0.29, 0.717) is 15.8 Å². The number of aliphatic imine (C=N–C) groups is 1. The monoisotopic (exact) mass is 614 g/mol. The number of nitrogens with zero attached hydrogens (tertiary/aromatic N) is 2. The van der Waals surface area contributed by atoms with E-state index in [1.807, 2.05) is 0 Å². The Bertz CT molecular complexity index is 1320. The molecule has 0 saturated heterocycles. The molecule has 2 aromatic carbocycles. The van der Waals surface area contributed by atoms with Crippen molar-refractivity contribution in [3.05, 3.63) is 63.9 Å². The Labute approximate surface area is 230 Å². The van der Waals surface area contributed by atoms with Crippen molar-refractivity contribution >= 4 is 44.9 Å². The van der Waals surface area contributed by atoms with Gasteiger partial charge in [0, 0.05) is 10.0 Å². The molecule has 3 atom stereocenters. The third-order valence-electron chi connectivity index (χ3n) is 6.46. The smallest absolute Gasteiger partial charge is 0.416 e. The third kappa shape index (κ3) is 4.66. The molecule has 12 heteroatoms. The summed E-state index contributed by atoms with van der Waals surface area (Å²) in [6.07, 6.45) is -0.917. The van der Waals surface area contributed by atoms with Gasteiger partial charge in [0.25, 0.3) is 5.92 Å². The third-order valence-corrected chi connectivity index (χ3v) is 8.45. The number of carbonyl (C=O) groups is 2. The summed E-state index contributed by atoms with van der Waals surface area (Å²) in [4.78, 5) is 31.3. The molecule has 0 spiro atoms. The Morgan fingerprint density at radius 1 is 1.18 bits per heavy atom. The van der Waals surface area contributed by atoms with Gasteiger partial charge in [-0.2, -0.15) is 0 Å². The predicted molar refractivity (Wildman–Crippen MR) is 140 cm³/mol. The molecule has 1 heterocycles. The SMILES string of the molecule is COc1ccc(CN(C(=O)OC(C)(C)C)C2=NC(C)(c3cc(Br)ccc3F)C3C(F)(F)C3(C(=O)O)S2)cc1. The second kappa shape index (κ2) is 9.48. The van der Waals surface area contributed by atoms with Crippen molar-refractivity contribution in [1.29, 1.82) is 0 Å². The Kier molecular flexibility index (Phi) is 7.05. The number of hydrogen-bond acceptors (Lipinski definition) is 6. The van der Waals surface area contributed by atoms with E-state index in [1.54, 1.807) is 45.0 Å². The summed E-state index contributed by atoms with van der Waals surface area (Å²) >= 11 is 3.51. The standard InChI is InChI=1S/C26H26BrF3N2O5S/c1-23(2,3)37-22(35)32(13-14-6-9-16(36-5)10-7-14)21-31-24(4,17-12-15(27)8-11-18(17)28)19-25(38-21,20(33)34)26(19,29)30/h6-12,19H,13H2,1-5H3,(H,33,34). The van der Waals surface area contributed by atoms with Crippen molar-refractivity contribution < 1.29 is 37.3 Å². The van der Waals surface area contributed by atoms with Gasteiger partial charge in [-0.15, -0.1) is 0 Å². The van der Waals surface area contributed by atoms with Crippen LogP contribution in [0.15, 0.2) is 51.9 Å². The fraction of sp³-hybridized carbons (Fsp3) is 0.423. The molecule has 1 fully saturated rings. The lowest BCUT2D eigenvalue weighted by Crippen LogP contribution is -2.46. The van der Waals surface area contributed by atoms with Crippen LogP contribution in [0.1, 0.15) is 38.8 Å². The number of carboxylic acid groups (broad SMARTS) is 1. The first-order chi connectivity index (χ1) is 17.6. The van der Waals surface area contributed by atoms with E-state index >= 15 is 13.2 Å². The number of ether oxygens (including phenoxy) is 2. The summed E-state index contributed by atoms with van der Waals surface area (Å²) in [5.41, 5.74) is -2.61. The van der Waals surface area contributed by atoms with E-state index in [4.69, 9.17) is 9.47 Å². The van der Waals surface area contributed by atoms with Gasteiger partial charge in [0.15, 0.2) is 9.91 Å². The van der Waals surface area contributed by atoms with Crippen molar-refractivity contribution in [3.8, 4) is 5.75 Å². The van der Waals surface area contributed by atoms with Crippen LogP contribution in [-0.2, 0) is 21.6 Å². The molecule has 0 bridgehead atoms. The highest BCUT2D eigenvalue weighted by Crippen LogP contribution is 2.75. The van der Waals surface area contributed by atoms with Gasteiger partial charge >= 0.3 is 12.1 Å². The molecule has 204 valence electrons. The lowest BCUT2D eigenvalue weighted by Gasteiger charge is -2.36. The highest BCUT2D eigenvalue weighted by atomic mass is 79.9. The molecule has 4 rings (SSSR count). The number of rotatable bonds is 5. The van der Waals surface area contributed by atoms with Gasteiger partial charge in [0.2, 0.25) is 0 Å². The Morgan fingerprint density at radius 2 is 1.82 bits per heavy atom. The van der Waals surface area contributed by atoms with Crippen LogP contribution in [0.2, 0.25) is 0 Å². The van der Waals surface area contributed by atoms with E-state index in [1.165, 1.54) is 26.2 Å². The molecule has 1 aliphatic carbocycles. The number of alkyl halides is 2. The second-order valence-corrected chi connectivity index (χ2v) is 12.4. The Balaban J connectivity index is 1.89. The first-order valence-corrected chi connectivity index (χ1v) is 13.2. The van der Waals surface area contributed by atoms with Gasteiger partial charge in [0.05, 0.1) is 25.1 Å². The molecule has 1 N–H and O–H groups in total. The van der Waals surface area contributed by atoms with Crippen LogP contribution in [0.4, 0.5) is 18.0 Å². The number of fused-ring (bicyclic) bond motifs is 1. The largest absolute Gasteiger partial charge is 0.497 e. The Morgan fingerprint density at radius 3 is 2.37 bits per heavy atom. The van der Waals surface area contributed by atoms with Gasteiger partial charge in [-0.1, -0.05) is 39.8 Å². The molecule has 1 saturated carbocycles. The minimum atomic E-state index is -3.75. The molecular formula is C26H26BrF3N2O5S. The summed E-state index contributed by atoms with van der Waals surface area (Å²) < 4.78 is 54.5. The topological polar surface area (TPSA) is 88.4 Å². The number of aliphatic carboxylic acids is 1. The van der Waals surface area contributed by atoms with Crippen molar-refractivity contribution in [2.45, 2.75) is 56.0 Å². The van der Waals surface area contributed by atoms with Crippen LogP contribution < -0.4 is 4.74 Å². The average molecular weight is 615 g/mol. The zero-order valence-electron chi connectivity index (χ0n) is 21.2. The quantitative estimate of drug-likeness (QED) is 0.417. The number of amides is 1. The summed E-state index contributed by atoms with van der Waals surface area (Å²) in [5, 5.41) is 9.73. The predicted octanol–water partition coefficient (Wildman–Crippen LogP) is 6.44. The zero-order valence-corrected chi connectivity index (χ0v) is 23.6. The maximum absolute atomic E-state index is 15.5. The highest BCUT2D eigenvalue weighted by Gasteiger charge is 2.92. The number of methoxy groups -OCH3 is 1. The molecule has 7 nitrogen and oxygen atoms in total. The van der Waals surface area contributed by atoms with E-state index in [9.17, 15) is 14.7 Å². The zero-order chi connectivity index (χ0) is 28.3. The molecule has 1 amide bonds. The minimum absolute atomic E-state index is 0.173. The van der Waals surface area contributed by atoms with E-state index < -0.39 is 45.6 Å². The van der Waals surface area contributed by atoms with Crippen LogP contribution in [0.5, 0.6) is 5.75 Å².